The number of amides is 2. The first-order chi connectivity index (χ1) is 9.79. The third-order valence-corrected chi connectivity index (χ3v) is 3.30. The molecule has 0 spiro atoms. The number of carbonyl (C=O) groups excluding carboxylic acids is 2. The Bertz CT molecular complexity index is 349. The lowest BCUT2D eigenvalue weighted by Gasteiger charge is -2.31. The smallest absolute Gasteiger partial charge is 0.450 e. The molecule has 0 heterocycles. The van der Waals surface area contributed by atoms with Gasteiger partial charge in [-0.1, -0.05) is 19.3 Å². The molecule has 1 fully saturated rings. The van der Waals surface area contributed by atoms with Crippen molar-refractivity contribution in [1.82, 2.24) is 10.4 Å². The van der Waals surface area contributed by atoms with Crippen LogP contribution < -0.4 is 5.48 Å². The second kappa shape index (κ2) is 9.98. The minimum atomic E-state index is -1.83. The lowest BCUT2D eigenvalue weighted by molar-refractivity contribution is -0.144. The van der Waals surface area contributed by atoms with Gasteiger partial charge in [0.05, 0.1) is 0 Å². The van der Waals surface area contributed by atoms with Crippen LogP contribution in [0, 0.1) is 5.92 Å². The maximum atomic E-state index is 12.3. The van der Waals surface area contributed by atoms with E-state index in [1.807, 2.05) is 13.8 Å². The zero-order chi connectivity index (χ0) is 16.4. The molecule has 0 saturated heterocycles. The quantitative estimate of drug-likeness (QED) is 0.461. The highest BCUT2D eigenvalue weighted by Crippen LogP contribution is 2.25. The first-order valence-corrected chi connectivity index (χ1v) is 6.94. The van der Waals surface area contributed by atoms with Gasteiger partial charge in [0, 0.05) is 12.0 Å². The highest BCUT2D eigenvalue weighted by molar-refractivity contribution is 5.85. The summed E-state index contributed by atoms with van der Waals surface area (Å²) >= 11 is 0. The normalized spacial score (nSPS) is 14.9. The molecular formula is C13H24N2O6. The van der Waals surface area contributed by atoms with Crippen molar-refractivity contribution in [3.8, 4) is 0 Å². The number of hydroxylamine groups is 1. The summed E-state index contributed by atoms with van der Waals surface area (Å²) < 4.78 is 0. The van der Waals surface area contributed by atoms with Gasteiger partial charge in [-0.15, -0.1) is 0 Å². The van der Waals surface area contributed by atoms with Gasteiger partial charge in [0.1, 0.15) is 6.54 Å². The molecule has 2 amide bonds. The molecule has 8 heteroatoms. The highest BCUT2D eigenvalue weighted by Gasteiger charge is 2.28. The van der Waals surface area contributed by atoms with Crippen LogP contribution in [-0.2, 0) is 9.59 Å². The SMILES string of the molecule is CC(C)N(CC(=O)NO)C(=O)C1CCCCC1.O=C(O)O. The van der Waals surface area contributed by atoms with Crippen molar-refractivity contribution >= 4 is 18.0 Å². The number of carbonyl (C=O) groups is 3. The summed E-state index contributed by atoms with van der Waals surface area (Å²) in [7, 11) is 0. The summed E-state index contributed by atoms with van der Waals surface area (Å²) in [6, 6.07) is -0.0262. The van der Waals surface area contributed by atoms with E-state index in [4.69, 9.17) is 20.2 Å². The zero-order valence-electron chi connectivity index (χ0n) is 12.4. The van der Waals surface area contributed by atoms with E-state index in [2.05, 4.69) is 0 Å². The molecule has 0 radical (unpaired) electrons. The Balaban J connectivity index is 0.000000885. The van der Waals surface area contributed by atoms with Gasteiger partial charge in [-0.05, 0) is 26.7 Å². The Morgan fingerprint density at radius 1 is 1.14 bits per heavy atom. The van der Waals surface area contributed by atoms with E-state index in [1.54, 1.807) is 10.4 Å². The molecule has 4 N–H and O–H groups in total. The maximum Gasteiger partial charge on any atom is 0.503 e. The van der Waals surface area contributed by atoms with Crippen molar-refractivity contribution in [2.24, 2.45) is 5.92 Å². The Kier molecular flexibility index (Phi) is 9.11. The van der Waals surface area contributed by atoms with E-state index in [9.17, 15) is 9.59 Å². The predicted molar refractivity (Wildman–Crippen MR) is 74.0 cm³/mol. The minimum Gasteiger partial charge on any atom is -0.450 e. The van der Waals surface area contributed by atoms with Gasteiger partial charge in [-0.3, -0.25) is 14.8 Å². The molecule has 0 unspecified atom stereocenters. The average molecular weight is 304 g/mol. The van der Waals surface area contributed by atoms with Crippen LogP contribution in [0.25, 0.3) is 0 Å². The van der Waals surface area contributed by atoms with Crippen molar-refractivity contribution < 1.29 is 29.8 Å². The van der Waals surface area contributed by atoms with Crippen molar-refractivity contribution in [2.45, 2.75) is 52.0 Å². The van der Waals surface area contributed by atoms with Gasteiger partial charge < -0.3 is 15.1 Å². The van der Waals surface area contributed by atoms with Gasteiger partial charge in [-0.2, -0.15) is 0 Å². The fourth-order valence-corrected chi connectivity index (χ4v) is 2.29. The van der Waals surface area contributed by atoms with Crippen molar-refractivity contribution in [3.63, 3.8) is 0 Å². The molecule has 0 aliphatic heterocycles. The molecule has 0 aromatic rings. The number of carboxylic acid groups (broad SMARTS) is 2. The van der Waals surface area contributed by atoms with E-state index in [-0.39, 0.29) is 24.4 Å². The average Bonchev–Trinajstić information content (AvgIpc) is 2.43. The fraction of sp³-hybridized carbons (Fsp3) is 0.769. The third-order valence-electron chi connectivity index (χ3n) is 3.30. The zero-order valence-corrected chi connectivity index (χ0v) is 12.4. The second-order valence-corrected chi connectivity index (χ2v) is 5.21. The van der Waals surface area contributed by atoms with Crippen LogP contribution >= 0.6 is 0 Å². The van der Waals surface area contributed by atoms with E-state index in [0.717, 1.165) is 25.7 Å². The molecule has 1 aliphatic carbocycles. The van der Waals surface area contributed by atoms with Crippen LogP contribution in [0.1, 0.15) is 46.0 Å². The molecule has 122 valence electrons. The minimum absolute atomic E-state index is 0.0262. The monoisotopic (exact) mass is 304 g/mol. The third kappa shape index (κ3) is 8.13. The van der Waals surface area contributed by atoms with Gasteiger partial charge >= 0.3 is 6.16 Å². The Hall–Kier alpha value is -1.83. The van der Waals surface area contributed by atoms with Gasteiger partial charge in [-0.25, -0.2) is 10.3 Å². The summed E-state index contributed by atoms with van der Waals surface area (Å²) in [6.07, 6.45) is 3.39. The number of rotatable bonds is 4. The number of hydrogen-bond acceptors (Lipinski definition) is 4. The standard InChI is InChI=1S/C12H22N2O3.CH2O3/c1-9(2)14(8-11(15)13-17)12(16)10-6-4-3-5-7-10;2-1(3)4/h9-10,17H,3-8H2,1-2H3,(H,13,15);(H2,2,3,4). The maximum absolute atomic E-state index is 12.3. The van der Waals surface area contributed by atoms with Crippen LogP contribution in [0.4, 0.5) is 4.79 Å². The molecular weight excluding hydrogens is 280 g/mol. The summed E-state index contributed by atoms with van der Waals surface area (Å²) in [4.78, 5) is 33.5. The Morgan fingerprint density at radius 2 is 1.62 bits per heavy atom. The Labute approximate surface area is 123 Å². The van der Waals surface area contributed by atoms with Crippen LogP contribution in [0.3, 0.4) is 0 Å². The fourth-order valence-electron chi connectivity index (χ4n) is 2.29. The van der Waals surface area contributed by atoms with E-state index < -0.39 is 12.1 Å². The molecule has 21 heavy (non-hydrogen) atoms. The first-order valence-electron chi connectivity index (χ1n) is 6.94. The largest absolute Gasteiger partial charge is 0.503 e. The van der Waals surface area contributed by atoms with E-state index in [0.29, 0.717) is 0 Å². The topological polar surface area (TPSA) is 127 Å². The molecule has 0 atom stereocenters. The highest BCUT2D eigenvalue weighted by atomic mass is 16.6. The summed E-state index contributed by atoms with van der Waals surface area (Å²) in [5.41, 5.74) is 1.58. The van der Waals surface area contributed by atoms with E-state index >= 15 is 0 Å². The molecule has 0 bridgehead atoms. The molecule has 0 aromatic heterocycles. The van der Waals surface area contributed by atoms with Crippen molar-refractivity contribution in [2.75, 3.05) is 6.54 Å². The van der Waals surface area contributed by atoms with Crippen molar-refractivity contribution in [3.05, 3.63) is 0 Å². The second-order valence-electron chi connectivity index (χ2n) is 5.21. The first kappa shape index (κ1) is 19.2. The summed E-state index contributed by atoms with van der Waals surface area (Å²) in [5.74, 6) is -0.441. The summed E-state index contributed by atoms with van der Waals surface area (Å²) in [5, 5.41) is 22.5. The number of nitrogens with zero attached hydrogens (tertiary/aromatic N) is 1. The van der Waals surface area contributed by atoms with Gasteiger partial charge in [0.2, 0.25) is 5.91 Å². The molecule has 1 rings (SSSR count). The summed E-state index contributed by atoms with van der Waals surface area (Å²) in [6.45, 7) is 3.69. The molecule has 8 nitrogen and oxygen atoms in total. The molecule has 1 saturated carbocycles. The lowest BCUT2D eigenvalue weighted by Crippen LogP contribution is -2.46. The van der Waals surface area contributed by atoms with Gasteiger partial charge in [0.25, 0.3) is 5.91 Å². The number of nitrogens with one attached hydrogen (secondary N) is 1. The predicted octanol–water partition coefficient (Wildman–Crippen LogP) is 1.53. The molecule has 1 aliphatic rings. The van der Waals surface area contributed by atoms with Crippen LogP contribution in [0.15, 0.2) is 0 Å². The lowest BCUT2D eigenvalue weighted by atomic mass is 9.88. The van der Waals surface area contributed by atoms with Gasteiger partial charge in [0.15, 0.2) is 0 Å². The van der Waals surface area contributed by atoms with Crippen LogP contribution in [0.2, 0.25) is 0 Å². The number of hydrogen-bond donors (Lipinski definition) is 4. The molecule has 0 aromatic carbocycles. The Morgan fingerprint density at radius 3 is 2.00 bits per heavy atom. The van der Waals surface area contributed by atoms with Crippen LogP contribution in [-0.4, -0.2) is 50.9 Å². The van der Waals surface area contributed by atoms with E-state index in [1.165, 1.54) is 6.42 Å². The van der Waals surface area contributed by atoms with Crippen molar-refractivity contribution in [1.29, 1.82) is 0 Å². The van der Waals surface area contributed by atoms with Crippen LogP contribution in [0.5, 0.6) is 0 Å².